The molecule has 5 nitrogen and oxygen atoms in total. The van der Waals surface area contributed by atoms with Gasteiger partial charge in [0.15, 0.2) is 0 Å². The second kappa shape index (κ2) is 7.71. The van der Waals surface area contributed by atoms with Gasteiger partial charge < -0.3 is 9.47 Å². The highest BCUT2D eigenvalue weighted by Gasteiger charge is 2.13. The Kier molecular flexibility index (Phi) is 6.21. The molecule has 0 radical (unpaired) electrons. The van der Waals surface area contributed by atoms with E-state index >= 15 is 0 Å². The van der Waals surface area contributed by atoms with Crippen LogP contribution in [0.4, 0.5) is 0 Å². The van der Waals surface area contributed by atoms with Crippen LogP contribution in [-0.2, 0) is 14.3 Å². The average Bonchev–Trinajstić information content (AvgIpc) is 2.39. The van der Waals surface area contributed by atoms with Gasteiger partial charge in [0.2, 0.25) is 0 Å². The highest BCUT2D eigenvalue weighted by Crippen LogP contribution is 2.23. The lowest BCUT2D eigenvalue weighted by atomic mass is 10.3. The minimum atomic E-state index is -0.397. The van der Waals surface area contributed by atoms with E-state index < -0.39 is 5.97 Å². The summed E-state index contributed by atoms with van der Waals surface area (Å²) in [5.41, 5.74) is 0.425. The molecule has 0 aliphatic rings. The van der Waals surface area contributed by atoms with Crippen molar-refractivity contribution in [1.82, 2.24) is 4.98 Å². The smallest absolute Gasteiger partial charge is 0.340 e. The van der Waals surface area contributed by atoms with Crippen LogP contribution in [-0.4, -0.2) is 36.4 Å². The average molecular weight is 269 g/mol. The van der Waals surface area contributed by atoms with E-state index in [4.69, 9.17) is 4.74 Å². The van der Waals surface area contributed by atoms with Crippen LogP contribution < -0.4 is 0 Å². The second-order valence-electron chi connectivity index (χ2n) is 3.27. The van der Waals surface area contributed by atoms with Crippen molar-refractivity contribution >= 4 is 23.7 Å². The van der Waals surface area contributed by atoms with Crippen LogP contribution in [0.1, 0.15) is 23.7 Å². The van der Waals surface area contributed by atoms with E-state index in [9.17, 15) is 9.59 Å². The third-order valence-corrected chi connectivity index (χ3v) is 3.14. The predicted molar refractivity (Wildman–Crippen MR) is 67.6 cm³/mol. The van der Waals surface area contributed by atoms with Gasteiger partial charge >= 0.3 is 11.9 Å². The Balaban J connectivity index is 2.64. The number of carbonyl (C=O) groups is 2. The van der Waals surface area contributed by atoms with Crippen molar-refractivity contribution < 1.29 is 19.1 Å². The van der Waals surface area contributed by atoms with Gasteiger partial charge in [-0.1, -0.05) is 0 Å². The van der Waals surface area contributed by atoms with Crippen LogP contribution in [0.2, 0.25) is 0 Å². The molecule has 1 heterocycles. The first-order valence-corrected chi connectivity index (χ1v) is 6.48. The third kappa shape index (κ3) is 4.37. The van der Waals surface area contributed by atoms with Crippen LogP contribution in [0.25, 0.3) is 0 Å². The molecule has 0 amide bonds. The molecule has 1 aromatic rings. The molecule has 0 unspecified atom stereocenters. The lowest BCUT2D eigenvalue weighted by Gasteiger charge is -2.07. The normalized spacial score (nSPS) is 9.89. The molecule has 18 heavy (non-hydrogen) atoms. The lowest BCUT2D eigenvalue weighted by molar-refractivity contribution is -0.140. The zero-order chi connectivity index (χ0) is 13.4. The Labute approximate surface area is 110 Å². The van der Waals surface area contributed by atoms with Gasteiger partial charge in [-0.2, -0.15) is 0 Å². The van der Waals surface area contributed by atoms with Gasteiger partial charge in [-0.15, -0.1) is 11.8 Å². The zero-order valence-corrected chi connectivity index (χ0v) is 11.2. The molecule has 1 aromatic heterocycles. The summed E-state index contributed by atoms with van der Waals surface area (Å²) in [5, 5.41) is 0. The summed E-state index contributed by atoms with van der Waals surface area (Å²) >= 11 is 1.40. The first kappa shape index (κ1) is 14.5. The van der Waals surface area contributed by atoms with Gasteiger partial charge in [0.1, 0.15) is 0 Å². The fraction of sp³-hybridized carbons (Fsp3) is 0.417. The molecule has 0 saturated heterocycles. The summed E-state index contributed by atoms with van der Waals surface area (Å²) in [7, 11) is 1.35. The minimum Gasteiger partial charge on any atom is -0.469 e. The van der Waals surface area contributed by atoms with Gasteiger partial charge in [0.05, 0.1) is 25.7 Å². The fourth-order valence-corrected chi connectivity index (χ4v) is 2.15. The van der Waals surface area contributed by atoms with E-state index in [1.807, 2.05) is 0 Å². The number of thioether (sulfide) groups is 1. The van der Waals surface area contributed by atoms with Crippen LogP contribution in [0, 0.1) is 0 Å². The molecule has 0 N–H and O–H groups in total. The molecule has 0 bridgehead atoms. The molecule has 0 aliphatic heterocycles. The van der Waals surface area contributed by atoms with Crippen molar-refractivity contribution in [2.75, 3.05) is 19.5 Å². The van der Waals surface area contributed by atoms with Crippen LogP contribution in [0.3, 0.4) is 0 Å². The molecular weight excluding hydrogens is 254 g/mol. The topological polar surface area (TPSA) is 65.5 Å². The van der Waals surface area contributed by atoms with Crippen molar-refractivity contribution in [3.63, 3.8) is 0 Å². The molecule has 0 aliphatic carbocycles. The number of aromatic nitrogens is 1. The highest BCUT2D eigenvalue weighted by atomic mass is 32.2. The molecule has 0 saturated carbocycles. The lowest BCUT2D eigenvalue weighted by Crippen LogP contribution is -2.07. The predicted octanol–water partition coefficient (Wildman–Crippen LogP) is 1.91. The van der Waals surface area contributed by atoms with E-state index in [0.717, 1.165) is 4.90 Å². The summed E-state index contributed by atoms with van der Waals surface area (Å²) in [6, 6.07) is 1.73. The third-order valence-electron chi connectivity index (χ3n) is 2.07. The number of methoxy groups -OCH3 is 1. The highest BCUT2D eigenvalue weighted by molar-refractivity contribution is 7.99. The minimum absolute atomic E-state index is 0.269. The first-order chi connectivity index (χ1) is 8.69. The second-order valence-corrected chi connectivity index (χ2v) is 4.40. The first-order valence-electron chi connectivity index (χ1n) is 5.49. The Bertz CT molecular complexity index is 422. The van der Waals surface area contributed by atoms with E-state index in [1.165, 1.54) is 25.1 Å². The maximum atomic E-state index is 11.7. The van der Waals surface area contributed by atoms with Crippen LogP contribution in [0.15, 0.2) is 23.4 Å². The largest absolute Gasteiger partial charge is 0.469 e. The van der Waals surface area contributed by atoms with Crippen LogP contribution >= 0.6 is 11.8 Å². The number of ether oxygens (including phenoxy) is 2. The van der Waals surface area contributed by atoms with E-state index in [0.29, 0.717) is 24.3 Å². The Hall–Kier alpha value is -1.56. The Morgan fingerprint density at radius 1 is 1.44 bits per heavy atom. The molecule has 6 heteroatoms. The molecule has 0 aromatic carbocycles. The maximum absolute atomic E-state index is 11.7. The Morgan fingerprint density at radius 3 is 2.89 bits per heavy atom. The van der Waals surface area contributed by atoms with E-state index in [1.54, 1.807) is 19.2 Å². The van der Waals surface area contributed by atoms with Gasteiger partial charge in [0.25, 0.3) is 0 Å². The molecular formula is C12H15NO4S. The summed E-state index contributed by atoms with van der Waals surface area (Å²) < 4.78 is 9.48. The van der Waals surface area contributed by atoms with Crippen molar-refractivity contribution in [1.29, 1.82) is 0 Å². The molecule has 0 fully saturated rings. The number of carbonyl (C=O) groups excluding carboxylic acids is 2. The molecule has 0 spiro atoms. The number of hydrogen-bond donors (Lipinski definition) is 0. The van der Waals surface area contributed by atoms with Crippen molar-refractivity contribution in [3.8, 4) is 0 Å². The SMILES string of the molecule is CCOC(=O)c1cnccc1SCCC(=O)OC. The van der Waals surface area contributed by atoms with Crippen molar-refractivity contribution in [3.05, 3.63) is 24.0 Å². The number of rotatable bonds is 6. The standard InChI is InChI=1S/C12H15NO4S/c1-3-17-12(15)9-8-13-6-4-10(9)18-7-5-11(14)16-2/h4,6,8H,3,5,7H2,1-2H3. The van der Waals surface area contributed by atoms with Crippen molar-refractivity contribution in [2.45, 2.75) is 18.2 Å². The molecule has 1 rings (SSSR count). The summed E-state index contributed by atoms with van der Waals surface area (Å²) in [5.74, 6) is -0.122. The number of hydrogen-bond acceptors (Lipinski definition) is 6. The summed E-state index contributed by atoms with van der Waals surface area (Å²) in [4.78, 5) is 27.3. The fourth-order valence-electron chi connectivity index (χ4n) is 1.22. The number of esters is 2. The van der Waals surface area contributed by atoms with E-state index in [2.05, 4.69) is 9.72 Å². The monoisotopic (exact) mass is 269 g/mol. The maximum Gasteiger partial charge on any atom is 0.340 e. The molecule has 98 valence electrons. The Morgan fingerprint density at radius 2 is 2.22 bits per heavy atom. The van der Waals surface area contributed by atoms with Crippen LogP contribution in [0.5, 0.6) is 0 Å². The number of nitrogens with zero attached hydrogens (tertiary/aromatic N) is 1. The number of pyridine rings is 1. The summed E-state index contributed by atoms with van der Waals surface area (Å²) in [6.45, 7) is 2.07. The zero-order valence-electron chi connectivity index (χ0n) is 10.3. The quantitative estimate of drug-likeness (QED) is 0.580. The summed E-state index contributed by atoms with van der Waals surface area (Å²) in [6.07, 6.45) is 3.37. The van der Waals surface area contributed by atoms with Gasteiger partial charge in [0, 0.05) is 23.0 Å². The van der Waals surface area contributed by atoms with Gasteiger partial charge in [-0.25, -0.2) is 4.79 Å². The van der Waals surface area contributed by atoms with E-state index in [-0.39, 0.29) is 5.97 Å². The van der Waals surface area contributed by atoms with Gasteiger partial charge in [-0.3, -0.25) is 9.78 Å². The van der Waals surface area contributed by atoms with Gasteiger partial charge in [-0.05, 0) is 13.0 Å². The molecule has 0 atom stereocenters. The van der Waals surface area contributed by atoms with Crippen molar-refractivity contribution in [2.24, 2.45) is 0 Å².